The zero-order valence-electron chi connectivity index (χ0n) is 11.4. The fraction of sp³-hybridized carbons (Fsp3) is 0.143. The molecule has 0 bridgehead atoms. The van der Waals surface area contributed by atoms with E-state index in [-0.39, 0.29) is 11.5 Å². The Morgan fingerprint density at radius 1 is 1.24 bits per heavy atom. The normalized spacial score (nSPS) is 10.7. The summed E-state index contributed by atoms with van der Waals surface area (Å²) < 4.78 is 0. The van der Waals surface area contributed by atoms with Crippen LogP contribution >= 0.6 is 0 Å². The lowest BCUT2D eigenvalue weighted by Crippen LogP contribution is -2.09. The van der Waals surface area contributed by atoms with E-state index >= 15 is 0 Å². The minimum Gasteiger partial charge on any atom is -0.370 e. The van der Waals surface area contributed by atoms with E-state index < -0.39 is 0 Å². The topological polar surface area (TPSA) is 110 Å². The maximum atomic E-state index is 11.8. The van der Waals surface area contributed by atoms with E-state index in [1.165, 1.54) is 0 Å². The minimum atomic E-state index is -0.196. The summed E-state index contributed by atoms with van der Waals surface area (Å²) in [6.45, 7) is 2.68. The first-order valence-corrected chi connectivity index (χ1v) is 6.55. The standard InChI is InChI=1S/C14H14N6O/c1-2-16-11-9-5-6-10(8-4-3-7-17-13(8)21)18-12(9)20-14(15)19-11/h3-7H,2H2,1H3,(H,17,21)(H3,15,16,18,19,20). The van der Waals surface area contributed by atoms with Crippen LogP contribution in [0.4, 0.5) is 11.8 Å². The first-order valence-electron chi connectivity index (χ1n) is 6.55. The summed E-state index contributed by atoms with van der Waals surface area (Å²) in [6, 6.07) is 7.07. The van der Waals surface area contributed by atoms with Crippen molar-refractivity contribution in [3.63, 3.8) is 0 Å². The first kappa shape index (κ1) is 13.0. The second kappa shape index (κ2) is 5.20. The molecule has 4 N–H and O–H groups in total. The van der Waals surface area contributed by atoms with Crippen LogP contribution in [0.15, 0.2) is 35.3 Å². The molecule has 0 aliphatic heterocycles. The van der Waals surface area contributed by atoms with Crippen molar-refractivity contribution in [3.8, 4) is 11.3 Å². The Labute approximate surface area is 120 Å². The number of nitrogens with zero attached hydrogens (tertiary/aromatic N) is 3. The van der Waals surface area contributed by atoms with E-state index in [2.05, 4.69) is 25.3 Å². The minimum absolute atomic E-state index is 0.144. The molecule has 0 fully saturated rings. The van der Waals surface area contributed by atoms with Crippen molar-refractivity contribution in [2.75, 3.05) is 17.6 Å². The summed E-state index contributed by atoms with van der Waals surface area (Å²) in [7, 11) is 0. The largest absolute Gasteiger partial charge is 0.370 e. The van der Waals surface area contributed by atoms with Crippen molar-refractivity contribution in [3.05, 3.63) is 40.8 Å². The molecule has 0 saturated carbocycles. The van der Waals surface area contributed by atoms with Crippen LogP contribution in [0.3, 0.4) is 0 Å². The lowest BCUT2D eigenvalue weighted by Gasteiger charge is -2.08. The number of H-pyrrole nitrogens is 1. The van der Waals surface area contributed by atoms with Gasteiger partial charge < -0.3 is 16.0 Å². The monoisotopic (exact) mass is 282 g/mol. The number of hydrogen-bond donors (Lipinski definition) is 3. The second-order valence-electron chi connectivity index (χ2n) is 4.44. The molecule has 3 rings (SSSR count). The molecule has 0 aromatic carbocycles. The predicted octanol–water partition coefficient (Wildman–Crippen LogP) is 1.39. The smallest absolute Gasteiger partial charge is 0.257 e. The third-order valence-corrected chi connectivity index (χ3v) is 3.02. The van der Waals surface area contributed by atoms with Crippen LogP contribution in [-0.2, 0) is 0 Å². The van der Waals surface area contributed by atoms with Crippen molar-refractivity contribution in [1.29, 1.82) is 0 Å². The molecule has 3 aromatic heterocycles. The second-order valence-corrected chi connectivity index (χ2v) is 4.44. The van der Waals surface area contributed by atoms with Gasteiger partial charge in [0.1, 0.15) is 5.82 Å². The molecule has 106 valence electrons. The Hall–Kier alpha value is -2.96. The van der Waals surface area contributed by atoms with E-state index in [9.17, 15) is 4.79 Å². The van der Waals surface area contributed by atoms with Gasteiger partial charge in [0, 0.05) is 12.7 Å². The van der Waals surface area contributed by atoms with Crippen LogP contribution in [0.5, 0.6) is 0 Å². The fourth-order valence-electron chi connectivity index (χ4n) is 2.10. The van der Waals surface area contributed by atoms with Gasteiger partial charge in [0.2, 0.25) is 5.95 Å². The highest BCUT2D eigenvalue weighted by Gasteiger charge is 2.10. The quantitative estimate of drug-likeness (QED) is 0.669. The average Bonchev–Trinajstić information content (AvgIpc) is 2.47. The molecule has 0 amide bonds. The molecule has 0 aliphatic carbocycles. The van der Waals surface area contributed by atoms with E-state index in [1.54, 1.807) is 24.4 Å². The summed E-state index contributed by atoms with van der Waals surface area (Å²) >= 11 is 0. The van der Waals surface area contributed by atoms with Gasteiger partial charge in [0.05, 0.1) is 16.6 Å². The predicted molar refractivity (Wildman–Crippen MR) is 82.0 cm³/mol. The third-order valence-electron chi connectivity index (χ3n) is 3.02. The van der Waals surface area contributed by atoms with Gasteiger partial charge in [-0.2, -0.15) is 9.97 Å². The van der Waals surface area contributed by atoms with Crippen LogP contribution < -0.4 is 16.6 Å². The van der Waals surface area contributed by atoms with Crippen molar-refractivity contribution < 1.29 is 0 Å². The number of anilines is 2. The molecule has 0 aliphatic rings. The molecule has 7 nitrogen and oxygen atoms in total. The molecule has 0 radical (unpaired) electrons. The molecular formula is C14H14N6O. The van der Waals surface area contributed by atoms with Crippen LogP contribution in [0, 0.1) is 0 Å². The molecule has 0 unspecified atom stereocenters. The molecule has 21 heavy (non-hydrogen) atoms. The number of nitrogen functional groups attached to an aromatic ring is 1. The number of fused-ring (bicyclic) bond motifs is 1. The van der Waals surface area contributed by atoms with Gasteiger partial charge in [0.25, 0.3) is 5.56 Å². The van der Waals surface area contributed by atoms with Gasteiger partial charge in [0.15, 0.2) is 5.65 Å². The van der Waals surface area contributed by atoms with Crippen LogP contribution in [0.25, 0.3) is 22.3 Å². The van der Waals surface area contributed by atoms with Crippen molar-refractivity contribution in [2.24, 2.45) is 0 Å². The number of nitrogens with one attached hydrogen (secondary N) is 2. The van der Waals surface area contributed by atoms with Crippen LogP contribution in [0.2, 0.25) is 0 Å². The van der Waals surface area contributed by atoms with Gasteiger partial charge in [-0.25, -0.2) is 4.98 Å². The van der Waals surface area contributed by atoms with E-state index in [0.29, 0.717) is 29.3 Å². The maximum absolute atomic E-state index is 11.8. The Morgan fingerprint density at radius 2 is 2.10 bits per heavy atom. The van der Waals surface area contributed by atoms with Crippen molar-refractivity contribution in [1.82, 2.24) is 19.9 Å². The molecule has 0 saturated heterocycles. The number of nitrogens with two attached hydrogens (primary N) is 1. The SMILES string of the molecule is CCNc1nc(N)nc2nc(-c3ccc[nH]c3=O)ccc12. The number of aromatic amines is 1. The zero-order valence-corrected chi connectivity index (χ0v) is 11.4. The Balaban J connectivity index is 2.21. The summed E-state index contributed by atoms with van der Waals surface area (Å²) in [5, 5.41) is 3.89. The van der Waals surface area contributed by atoms with Gasteiger partial charge in [-0.1, -0.05) is 0 Å². The highest BCUT2D eigenvalue weighted by molar-refractivity contribution is 5.88. The lowest BCUT2D eigenvalue weighted by atomic mass is 10.1. The Morgan fingerprint density at radius 3 is 2.86 bits per heavy atom. The van der Waals surface area contributed by atoms with Crippen LogP contribution in [0.1, 0.15) is 6.92 Å². The Bertz CT molecular complexity index is 857. The molecular weight excluding hydrogens is 268 g/mol. The van der Waals surface area contributed by atoms with Gasteiger partial charge in [-0.15, -0.1) is 0 Å². The number of hydrogen-bond acceptors (Lipinski definition) is 6. The van der Waals surface area contributed by atoms with E-state index in [1.807, 2.05) is 13.0 Å². The molecule has 0 atom stereocenters. The maximum Gasteiger partial charge on any atom is 0.257 e. The van der Waals surface area contributed by atoms with Gasteiger partial charge >= 0.3 is 0 Å². The first-order chi connectivity index (χ1) is 10.2. The number of rotatable bonds is 3. The summed E-state index contributed by atoms with van der Waals surface area (Å²) in [4.78, 5) is 27.2. The summed E-state index contributed by atoms with van der Waals surface area (Å²) in [6.07, 6.45) is 1.58. The molecule has 3 aromatic rings. The summed E-state index contributed by atoms with van der Waals surface area (Å²) in [5.74, 6) is 0.783. The summed E-state index contributed by atoms with van der Waals surface area (Å²) in [5.41, 5.74) is 7.00. The lowest BCUT2D eigenvalue weighted by molar-refractivity contribution is 1.13. The number of aromatic nitrogens is 4. The fourth-order valence-corrected chi connectivity index (χ4v) is 2.10. The van der Waals surface area contributed by atoms with Gasteiger partial charge in [-0.3, -0.25) is 4.79 Å². The van der Waals surface area contributed by atoms with Crippen molar-refractivity contribution in [2.45, 2.75) is 6.92 Å². The Kier molecular flexibility index (Phi) is 3.23. The third kappa shape index (κ3) is 2.40. The average molecular weight is 282 g/mol. The molecule has 7 heteroatoms. The highest BCUT2D eigenvalue weighted by Crippen LogP contribution is 2.22. The molecule has 0 spiro atoms. The zero-order chi connectivity index (χ0) is 14.8. The van der Waals surface area contributed by atoms with Gasteiger partial charge in [-0.05, 0) is 31.2 Å². The van der Waals surface area contributed by atoms with Crippen molar-refractivity contribution >= 4 is 22.8 Å². The highest BCUT2D eigenvalue weighted by atomic mass is 16.1. The van der Waals surface area contributed by atoms with E-state index in [4.69, 9.17) is 5.73 Å². The molecule has 3 heterocycles. The van der Waals surface area contributed by atoms with Crippen LogP contribution in [-0.4, -0.2) is 26.5 Å². The number of pyridine rings is 2. The van der Waals surface area contributed by atoms with E-state index in [0.717, 1.165) is 5.39 Å².